The van der Waals surface area contributed by atoms with Crippen LogP contribution >= 0.6 is 22.6 Å². The molecule has 2 rings (SSSR count). The highest BCUT2D eigenvalue weighted by Crippen LogP contribution is 2.24. The molecule has 0 radical (unpaired) electrons. The average Bonchev–Trinajstić information content (AvgIpc) is 2.86. The monoisotopic (exact) mass is 360 g/mol. The Morgan fingerprint density at radius 3 is 2.78 bits per heavy atom. The van der Waals surface area contributed by atoms with E-state index in [4.69, 9.17) is 10.00 Å². The summed E-state index contributed by atoms with van der Waals surface area (Å²) < 4.78 is 19.9. The highest BCUT2D eigenvalue weighted by Gasteiger charge is 2.14. The molecule has 3 nitrogen and oxygen atoms in total. The van der Waals surface area contributed by atoms with E-state index >= 15 is 0 Å². The van der Waals surface area contributed by atoms with Crippen molar-refractivity contribution in [2.45, 2.75) is 12.8 Å². The molecule has 1 heterocycles. The van der Waals surface area contributed by atoms with Gasteiger partial charge in [-0.2, -0.15) is 5.26 Å². The molecule has 0 N–H and O–H groups in total. The zero-order valence-electron chi connectivity index (χ0n) is 9.96. The second-order valence-electron chi connectivity index (χ2n) is 4.24. The molecule has 5 heteroatoms. The van der Waals surface area contributed by atoms with Crippen LogP contribution in [0.15, 0.2) is 12.1 Å². The lowest BCUT2D eigenvalue weighted by atomic mass is 10.2. The fraction of sp³-hybridized carbons (Fsp3) is 0.462. The molecule has 1 aliphatic rings. The molecule has 1 fully saturated rings. The first-order chi connectivity index (χ1) is 8.72. The molecular weight excluding hydrogens is 346 g/mol. The van der Waals surface area contributed by atoms with Gasteiger partial charge in [0.1, 0.15) is 18.2 Å². The Morgan fingerprint density at radius 2 is 2.11 bits per heavy atom. The zero-order valence-corrected chi connectivity index (χ0v) is 12.1. The average molecular weight is 360 g/mol. The summed E-state index contributed by atoms with van der Waals surface area (Å²) in [5.74, 6) is -0.378. The fourth-order valence-corrected chi connectivity index (χ4v) is 2.58. The third kappa shape index (κ3) is 3.12. The Hall–Kier alpha value is -0.870. The van der Waals surface area contributed by atoms with Crippen molar-refractivity contribution in [3.05, 3.63) is 27.1 Å². The first-order valence-electron chi connectivity index (χ1n) is 5.95. The summed E-state index contributed by atoms with van der Waals surface area (Å²) >= 11 is 1.94. The summed E-state index contributed by atoms with van der Waals surface area (Å²) in [6.45, 7) is 3.47. The number of likely N-dealkylation sites (tertiary alicyclic amines) is 1. The van der Waals surface area contributed by atoms with Gasteiger partial charge < -0.3 is 4.74 Å². The minimum Gasteiger partial charge on any atom is -0.489 e. The molecule has 96 valence electrons. The van der Waals surface area contributed by atoms with Crippen LogP contribution in [0.2, 0.25) is 0 Å². The molecule has 0 saturated carbocycles. The summed E-state index contributed by atoms with van der Waals surface area (Å²) in [6, 6.07) is 5.15. The maximum atomic E-state index is 13.9. The summed E-state index contributed by atoms with van der Waals surface area (Å²) in [4.78, 5) is 2.30. The van der Waals surface area contributed by atoms with Crippen molar-refractivity contribution >= 4 is 22.6 Å². The molecule has 1 saturated heterocycles. The molecule has 0 atom stereocenters. The van der Waals surface area contributed by atoms with Crippen LogP contribution in [0.4, 0.5) is 4.39 Å². The lowest BCUT2D eigenvalue weighted by molar-refractivity contribution is 0.231. The number of nitrogens with zero attached hydrogens (tertiary/aromatic N) is 2. The Morgan fingerprint density at radius 1 is 1.39 bits per heavy atom. The number of hydrogen-bond acceptors (Lipinski definition) is 3. The standard InChI is InChI=1S/C13H14FIN2O/c14-13-10(9-16)11(15)3-4-12(13)18-8-7-17-5-1-2-6-17/h3-4H,1-2,5-8H2. The number of halogens is 2. The van der Waals surface area contributed by atoms with E-state index in [1.165, 1.54) is 12.8 Å². The van der Waals surface area contributed by atoms with E-state index < -0.39 is 5.82 Å². The largest absolute Gasteiger partial charge is 0.489 e. The molecule has 1 aromatic rings. The van der Waals surface area contributed by atoms with E-state index in [1.54, 1.807) is 12.1 Å². The first kappa shape index (κ1) is 13.6. The van der Waals surface area contributed by atoms with Gasteiger partial charge in [0.05, 0.1) is 0 Å². The number of nitriles is 1. The molecule has 0 amide bonds. The third-order valence-corrected chi connectivity index (χ3v) is 3.93. The SMILES string of the molecule is N#Cc1c(I)ccc(OCCN2CCCC2)c1F. The van der Waals surface area contributed by atoms with E-state index in [9.17, 15) is 4.39 Å². The van der Waals surface area contributed by atoms with Gasteiger partial charge in [-0.1, -0.05) is 0 Å². The molecule has 1 aromatic carbocycles. The minimum absolute atomic E-state index is 0.0641. The topological polar surface area (TPSA) is 36.3 Å². The second-order valence-corrected chi connectivity index (χ2v) is 5.41. The van der Waals surface area contributed by atoms with Gasteiger partial charge in [0, 0.05) is 10.1 Å². The first-order valence-corrected chi connectivity index (χ1v) is 7.03. The van der Waals surface area contributed by atoms with Crippen LogP contribution in [-0.2, 0) is 0 Å². The van der Waals surface area contributed by atoms with Crippen molar-refractivity contribution < 1.29 is 9.13 Å². The number of benzene rings is 1. The van der Waals surface area contributed by atoms with Gasteiger partial charge in [0.15, 0.2) is 11.6 Å². The van der Waals surface area contributed by atoms with Crippen LogP contribution in [0.3, 0.4) is 0 Å². The van der Waals surface area contributed by atoms with Crippen LogP contribution < -0.4 is 4.74 Å². The smallest absolute Gasteiger partial charge is 0.183 e. The van der Waals surface area contributed by atoms with E-state index in [0.717, 1.165) is 19.6 Å². The molecule has 0 spiro atoms. The highest BCUT2D eigenvalue weighted by atomic mass is 127. The minimum atomic E-state index is -0.550. The highest BCUT2D eigenvalue weighted by molar-refractivity contribution is 14.1. The predicted molar refractivity (Wildman–Crippen MR) is 75.0 cm³/mol. The van der Waals surface area contributed by atoms with Crippen molar-refractivity contribution in [2.24, 2.45) is 0 Å². The zero-order chi connectivity index (χ0) is 13.0. The Balaban J connectivity index is 1.95. The Bertz CT molecular complexity index is 467. The van der Waals surface area contributed by atoms with Gasteiger partial charge in [-0.15, -0.1) is 0 Å². The summed E-state index contributed by atoms with van der Waals surface area (Å²) in [7, 11) is 0. The fourth-order valence-electron chi connectivity index (χ4n) is 2.04. The third-order valence-electron chi connectivity index (χ3n) is 3.03. The van der Waals surface area contributed by atoms with Crippen LogP contribution in [-0.4, -0.2) is 31.1 Å². The van der Waals surface area contributed by atoms with Gasteiger partial charge in [0.25, 0.3) is 0 Å². The van der Waals surface area contributed by atoms with Gasteiger partial charge >= 0.3 is 0 Å². The maximum Gasteiger partial charge on any atom is 0.183 e. The van der Waals surface area contributed by atoms with E-state index in [0.29, 0.717) is 10.2 Å². The van der Waals surface area contributed by atoms with Crippen LogP contribution in [0.25, 0.3) is 0 Å². The van der Waals surface area contributed by atoms with Gasteiger partial charge in [-0.05, 0) is 60.7 Å². The molecule has 0 aromatic heterocycles. The normalized spacial score (nSPS) is 15.6. The summed E-state index contributed by atoms with van der Waals surface area (Å²) in [6.07, 6.45) is 2.47. The second kappa shape index (κ2) is 6.34. The summed E-state index contributed by atoms with van der Waals surface area (Å²) in [5.41, 5.74) is 0.0641. The number of ether oxygens (including phenoxy) is 1. The van der Waals surface area contributed by atoms with Crippen molar-refractivity contribution in [1.82, 2.24) is 4.90 Å². The predicted octanol–water partition coefficient (Wildman–Crippen LogP) is 2.78. The van der Waals surface area contributed by atoms with Crippen molar-refractivity contribution in [3.8, 4) is 11.8 Å². The number of hydrogen-bond donors (Lipinski definition) is 0. The molecule has 0 aliphatic carbocycles. The van der Waals surface area contributed by atoms with Crippen LogP contribution in [0, 0.1) is 20.7 Å². The summed E-state index contributed by atoms with van der Waals surface area (Å²) in [5, 5.41) is 8.86. The van der Waals surface area contributed by atoms with E-state index in [2.05, 4.69) is 4.90 Å². The molecule has 0 bridgehead atoms. The van der Waals surface area contributed by atoms with Crippen molar-refractivity contribution in [2.75, 3.05) is 26.2 Å². The molecule has 1 aliphatic heterocycles. The van der Waals surface area contributed by atoms with Crippen LogP contribution in [0.1, 0.15) is 18.4 Å². The van der Waals surface area contributed by atoms with Crippen molar-refractivity contribution in [1.29, 1.82) is 5.26 Å². The Kier molecular flexibility index (Phi) is 4.78. The quantitative estimate of drug-likeness (QED) is 0.775. The van der Waals surface area contributed by atoms with E-state index in [-0.39, 0.29) is 11.3 Å². The van der Waals surface area contributed by atoms with Crippen molar-refractivity contribution in [3.63, 3.8) is 0 Å². The molecule has 0 unspecified atom stereocenters. The molecular formula is C13H14FIN2O. The van der Waals surface area contributed by atoms with Gasteiger partial charge in [-0.3, -0.25) is 4.90 Å². The number of rotatable bonds is 4. The Labute approximate surface area is 120 Å². The van der Waals surface area contributed by atoms with Gasteiger partial charge in [0.2, 0.25) is 0 Å². The maximum absolute atomic E-state index is 13.9. The van der Waals surface area contributed by atoms with E-state index in [1.807, 2.05) is 28.7 Å². The lowest BCUT2D eigenvalue weighted by Crippen LogP contribution is -2.25. The lowest BCUT2D eigenvalue weighted by Gasteiger charge is -2.15. The van der Waals surface area contributed by atoms with Gasteiger partial charge in [-0.25, -0.2) is 4.39 Å². The molecule has 18 heavy (non-hydrogen) atoms. The van der Waals surface area contributed by atoms with Crippen LogP contribution in [0.5, 0.6) is 5.75 Å².